The second kappa shape index (κ2) is 12.7. The van der Waals surface area contributed by atoms with E-state index in [2.05, 4.69) is 88.6 Å². The van der Waals surface area contributed by atoms with Gasteiger partial charge < -0.3 is 19.7 Å². The van der Waals surface area contributed by atoms with Crippen molar-refractivity contribution >= 4 is 28.3 Å². The molecule has 6 nitrogen and oxygen atoms in total. The van der Waals surface area contributed by atoms with E-state index in [0.717, 1.165) is 31.5 Å². The molecule has 0 bridgehead atoms. The van der Waals surface area contributed by atoms with E-state index in [0.29, 0.717) is 26.1 Å². The van der Waals surface area contributed by atoms with Crippen LogP contribution < -0.4 is 10.2 Å². The van der Waals surface area contributed by atoms with Gasteiger partial charge in [-0.15, -0.1) is 0 Å². The zero-order valence-corrected chi connectivity index (χ0v) is 22.0. The molecule has 0 unspecified atom stereocenters. The molecule has 1 N–H and O–H groups in total. The molecule has 6 heteroatoms. The largest absolute Gasteiger partial charge is 0.469 e. The molecular formula is C31H38N2O4. The number of methoxy groups -OCH3 is 1. The Hall–Kier alpha value is -3.38. The van der Waals surface area contributed by atoms with Gasteiger partial charge in [0.25, 0.3) is 0 Å². The quantitative estimate of drug-likeness (QED) is 0.373. The predicted octanol–water partition coefficient (Wildman–Crippen LogP) is 5.03. The third-order valence-electron chi connectivity index (χ3n) is 7.51. The molecule has 0 radical (unpaired) electrons. The van der Waals surface area contributed by atoms with Gasteiger partial charge in [-0.05, 0) is 55.2 Å². The molecule has 37 heavy (non-hydrogen) atoms. The van der Waals surface area contributed by atoms with Crippen LogP contribution in [-0.2, 0) is 30.9 Å². The summed E-state index contributed by atoms with van der Waals surface area (Å²) in [6, 6.07) is 23.6. The first-order valence-corrected chi connectivity index (χ1v) is 13.3. The van der Waals surface area contributed by atoms with E-state index in [1.165, 1.54) is 29.1 Å². The predicted molar refractivity (Wildman–Crippen MR) is 148 cm³/mol. The zero-order chi connectivity index (χ0) is 26.1. The fourth-order valence-electron chi connectivity index (χ4n) is 5.31. The number of amides is 1. The van der Waals surface area contributed by atoms with Crippen LogP contribution in [0.1, 0.15) is 43.7 Å². The fourth-order valence-corrected chi connectivity index (χ4v) is 5.31. The number of hydrogen-bond donors (Lipinski definition) is 1. The summed E-state index contributed by atoms with van der Waals surface area (Å²) in [6.07, 6.45) is 3.45. The Kier molecular flexibility index (Phi) is 9.18. The van der Waals surface area contributed by atoms with Gasteiger partial charge in [0.1, 0.15) is 0 Å². The maximum atomic E-state index is 13.3. The summed E-state index contributed by atoms with van der Waals surface area (Å²) in [5.41, 5.74) is 2.95. The monoisotopic (exact) mass is 502 g/mol. The number of esters is 1. The number of carbonyl (C=O) groups excluding carboxylic acids is 2. The number of anilines is 1. The van der Waals surface area contributed by atoms with Gasteiger partial charge in [0.05, 0.1) is 18.9 Å². The normalized spacial score (nSPS) is 14.8. The van der Waals surface area contributed by atoms with Crippen LogP contribution in [0.5, 0.6) is 0 Å². The summed E-state index contributed by atoms with van der Waals surface area (Å²) in [7, 11) is 1.36. The number of rotatable bonds is 11. The van der Waals surface area contributed by atoms with Crippen LogP contribution in [0.15, 0.2) is 66.7 Å². The van der Waals surface area contributed by atoms with Crippen molar-refractivity contribution in [3.05, 3.63) is 77.9 Å². The Morgan fingerprint density at radius 2 is 1.73 bits per heavy atom. The van der Waals surface area contributed by atoms with Gasteiger partial charge in [0.2, 0.25) is 5.91 Å². The lowest BCUT2D eigenvalue weighted by Gasteiger charge is -2.36. The number of nitrogens with zero attached hydrogens (tertiary/aromatic N) is 1. The van der Waals surface area contributed by atoms with Crippen LogP contribution in [0.3, 0.4) is 0 Å². The van der Waals surface area contributed by atoms with E-state index in [1.807, 2.05) is 0 Å². The molecule has 1 aliphatic heterocycles. The highest BCUT2D eigenvalue weighted by Gasteiger charge is 2.41. The molecule has 196 valence electrons. The van der Waals surface area contributed by atoms with Crippen LogP contribution in [0.2, 0.25) is 0 Å². The van der Waals surface area contributed by atoms with Crippen LogP contribution in [0, 0.1) is 0 Å². The maximum absolute atomic E-state index is 13.3. The number of ether oxygens (including phenoxy) is 2. The van der Waals surface area contributed by atoms with Crippen molar-refractivity contribution in [2.75, 3.05) is 44.9 Å². The lowest BCUT2D eigenvalue weighted by atomic mass is 9.73. The average molecular weight is 503 g/mol. The summed E-state index contributed by atoms with van der Waals surface area (Å²) in [4.78, 5) is 27.2. The van der Waals surface area contributed by atoms with Gasteiger partial charge in [-0.3, -0.25) is 9.59 Å². The lowest BCUT2D eigenvalue weighted by Crippen LogP contribution is -2.48. The van der Waals surface area contributed by atoms with Gasteiger partial charge >= 0.3 is 5.97 Å². The van der Waals surface area contributed by atoms with E-state index in [1.54, 1.807) is 0 Å². The zero-order valence-electron chi connectivity index (χ0n) is 22.0. The first kappa shape index (κ1) is 26.7. The van der Waals surface area contributed by atoms with E-state index < -0.39 is 5.41 Å². The summed E-state index contributed by atoms with van der Waals surface area (Å²) >= 11 is 0. The molecule has 0 atom stereocenters. The summed E-state index contributed by atoms with van der Waals surface area (Å²) in [5.74, 6) is -0.367. The van der Waals surface area contributed by atoms with Crippen LogP contribution in [0.25, 0.3) is 10.8 Å². The Bertz CT molecular complexity index is 1180. The van der Waals surface area contributed by atoms with Gasteiger partial charge in [-0.2, -0.15) is 0 Å². The molecule has 0 saturated carbocycles. The molecule has 1 saturated heterocycles. The molecule has 4 rings (SSSR count). The Balaban J connectivity index is 1.39. The van der Waals surface area contributed by atoms with Crippen molar-refractivity contribution in [2.45, 2.75) is 44.4 Å². The average Bonchev–Trinajstić information content (AvgIpc) is 2.95. The van der Waals surface area contributed by atoms with Gasteiger partial charge in [0, 0.05) is 43.9 Å². The molecule has 1 amide bonds. The third-order valence-corrected chi connectivity index (χ3v) is 7.51. The molecule has 1 fully saturated rings. The topological polar surface area (TPSA) is 67.9 Å². The molecular weight excluding hydrogens is 464 g/mol. The third kappa shape index (κ3) is 6.31. The Morgan fingerprint density at radius 1 is 1.00 bits per heavy atom. The van der Waals surface area contributed by atoms with Crippen LogP contribution in [-0.4, -0.2) is 51.8 Å². The molecule has 3 aromatic rings. The molecule has 0 aliphatic carbocycles. The highest BCUT2D eigenvalue weighted by molar-refractivity contribution is 5.94. The molecule has 1 heterocycles. The summed E-state index contributed by atoms with van der Waals surface area (Å²) in [5, 5.41) is 5.52. The van der Waals surface area contributed by atoms with Crippen molar-refractivity contribution in [2.24, 2.45) is 0 Å². The van der Waals surface area contributed by atoms with Crippen molar-refractivity contribution in [3.8, 4) is 0 Å². The summed E-state index contributed by atoms with van der Waals surface area (Å²) in [6.45, 7) is 5.52. The fraction of sp³-hybridized carbons (Fsp3) is 0.419. The molecule has 1 aliphatic rings. The van der Waals surface area contributed by atoms with E-state index >= 15 is 0 Å². The van der Waals surface area contributed by atoms with E-state index in [9.17, 15) is 9.59 Å². The first-order valence-electron chi connectivity index (χ1n) is 13.3. The van der Waals surface area contributed by atoms with Crippen molar-refractivity contribution < 1.29 is 19.1 Å². The minimum atomic E-state index is -0.625. The van der Waals surface area contributed by atoms with Crippen molar-refractivity contribution in [1.82, 2.24) is 5.32 Å². The van der Waals surface area contributed by atoms with E-state index in [-0.39, 0.29) is 24.8 Å². The van der Waals surface area contributed by atoms with Crippen molar-refractivity contribution in [3.63, 3.8) is 0 Å². The second-order valence-electron chi connectivity index (χ2n) is 9.65. The van der Waals surface area contributed by atoms with Gasteiger partial charge in [-0.1, -0.05) is 60.7 Å². The highest BCUT2D eigenvalue weighted by atomic mass is 16.5. The van der Waals surface area contributed by atoms with Crippen molar-refractivity contribution in [1.29, 1.82) is 0 Å². The Morgan fingerprint density at radius 3 is 2.46 bits per heavy atom. The first-order chi connectivity index (χ1) is 18.1. The number of fused-ring (bicyclic) bond motifs is 1. The maximum Gasteiger partial charge on any atom is 0.307 e. The molecule has 0 spiro atoms. The van der Waals surface area contributed by atoms with E-state index in [4.69, 9.17) is 4.74 Å². The second-order valence-corrected chi connectivity index (χ2v) is 9.65. The highest BCUT2D eigenvalue weighted by Crippen LogP contribution is 2.35. The van der Waals surface area contributed by atoms with Crippen LogP contribution >= 0.6 is 0 Å². The minimum Gasteiger partial charge on any atom is -0.469 e. The number of carbonyl (C=O) groups is 2. The van der Waals surface area contributed by atoms with Crippen LogP contribution in [0.4, 0.5) is 5.69 Å². The summed E-state index contributed by atoms with van der Waals surface area (Å²) < 4.78 is 10.3. The standard InChI is InChI=1S/C31H38N2O4/c1-3-33(28-12-6-10-25-9-4-5-11-27(25)28)21-7-8-24-13-15-26(16-14-24)31(18-22-37-23-19-31)30(35)32-20-17-29(34)36-2/h4-6,9-16H,3,7-8,17-23H2,1-2H3,(H,32,35). The van der Waals surface area contributed by atoms with Gasteiger partial charge in [-0.25, -0.2) is 0 Å². The molecule has 3 aromatic carbocycles. The molecule has 0 aromatic heterocycles. The number of aryl methyl sites for hydroxylation is 1. The minimum absolute atomic E-state index is 0.0406. The smallest absolute Gasteiger partial charge is 0.307 e. The van der Waals surface area contributed by atoms with Gasteiger partial charge in [0.15, 0.2) is 0 Å². The Labute approximate surface area is 219 Å². The SMILES string of the molecule is CCN(CCCc1ccc(C2(C(=O)NCCC(=O)OC)CCOCC2)cc1)c1cccc2ccccc12. The number of benzene rings is 3. The lowest BCUT2D eigenvalue weighted by molar-refractivity contribution is -0.140. The number of nitrogens with one attached hydrogen (secondary N) is 1. The number of hydrogen-bond acceptors (Lipinski definition) is 5.